The van der Waals surface area contributed by atoms with Gasteiger partial charge in [0, 0.05) is 6.54 Å². The number of unbranched alkanes of at least 4 members (excludes halogenated alkanes) is 1. The maximum absolute atomic E-state index is 12.0. The normalized spacial score (nSPS) is 13.4. The van der Waals surface area contributed by atoms with Crippen molar-refractivity contribution < 1.29 is 8.42 Å². The van der Waals surface area contributed by atoms with Gasteiger partial charge in [-0.2, -0.15) is 0 Å². The summed E-state index contributed by atoms with van der Waals surface area (Å²) in [6.45, 7) is 4.80. The van der Waals surface area contributed by atoms with Gasteiger partial charge < -0.3 is 0 Å². The maximum Gasteiger partial charge on any atom is 0.240 e. The van der Waals surface area contributed by atoms with E-state index < -0.39 is 10.0 Å². The van der Waals surface area contributed by atoms with E-state index in [1.54, 1.807) is 24.3 Å². The Bertz CT molecular complexity index is 428. The summed E-state index contributed by atoms with van der Waals surface area (Å²) in [6, 6.07) is 8.53. The van der Waals surface area contributed by atoms with E-state index in [1.807, 2.05) is 6.07 Å². The van der Waals surface area contributed by atoms with Crippen molar-refractivity contribution >= 4 is 10.0 Å². The van der Waals surface area contributed by atoms with Crippen LogP contribution < -0.4 is 4.72 Å². The van der Waals surface area contributed by atoms with Crippen LogP contribution in [0.2, 0.25) is 0 Å². The lowest BCUT2D eigenvalue weighted by Gasteiger charge is -2.15. The molecule has 0 aromatic heterocycles. The average molecular weight is 269 g/mol. The minimum atomic E-state index is -3.34. The maximum atomic E-state index is 12.0. The molecule has 0 fully saturated rings. The van der Waals surface area contributed by atoms with Crippen LogP contribution in [-0.4, -0.2) is 15.0 Å². The van der Waals surface area contributed by atoms with Gasteiger partial charge in [0.25, 0.3) is 0 Å². The lowest BCUT2D eigenvalue weighted by atomic mass is 10.00. The first-order chi connectivity index (χ1) is 8.60. The molecular formula is C14H23NO2S. The molecule has 1 aromatic carbocycles. The number of rotatable bonds is 8. The standard InChI is InChI=1S/C14H23NO2S/c1-3-5-9-13(4-2)12-15-18(16,17)14-10-7-6-8-11-14/h6-8,10-11,13,15H,3-5,9,12H2,1-2H3. The molecule has 0 aliphatic heterocycles. The molecule has 18 heavy (non-hydrogen) atoms. The fourth-order valence-electron chi connectivity index (χ4n) is 1.85. The zero-order valence-electron chi connectivity index (χ0n) is 11.2. The van der Waals surface area contributed by atoms with Crippen molar-refractivity contribution in [2.24, 2.45) is 5.92 Å². The molecule has 0 saturated carbocycles. The smallest absolute Gasteiger partial charge is 0.211 e. The molecule has 0 aliphatic rings. The topological polar surface area (TPSA) is 46.2 Å². The fourth-order valence-corrected chi connectivity index (χ4v) is 2.99. The van der Waals surface area contributed by atoms with Crippen LogP contribution in [0.5, 0.6) is 0 Å². The third-order valence-corrected chi connectivity index (χ3v) is 4.60. The number of hydrogen-bond acceptors (Lipinski definition) is 2. The van der Waals surface area contributed by atoms with Crippen molar-refractivity contribution in [3.8, 4) is 0 Å². The minimum Gasteiger partial charge on any atom is -0.211 e. The summed E-state index contributed by atoms with van der Waals surface area (Å²) in [5, 5.41) is 0. The molecule has 1 rings (SSSR count). The van der Waals surface area contributed by atoms with Gasteiger partial charge in [-0.05, 0) is 24.5 Å². The molecule has 3 nitrogen and oxygen atoms in total. The summed E-state index contributed by atoms with van der Waals surface area (Å²) in [5.41, 5.74) is 0. The summed E-state index contributed by atoms with van der Waals surface area (Å²) in [5.74, 6) is 0.434. The molecule has 0 heterocycles. The molecule has 0 bridgehead atoms. The highest BCUT2D eigenvalue weighted by atomic mass is 32.2. The second-order valence-corrected chi connectivity index (χ2v) is 6.35. The van der Waals surface area contributed by atoms with E-state index in [0.29, 0.717) is 17.4 Å². The van der Waals surface area contributed by atoms with Crippen LogP contribution in [0.25, 0.3) is 0 Å². The van der Waals surface area contributed by atoms with Crippen LogP contribution in [-0.2, 0) is 10.0 Å². The Morgan fingerprint density at radius 2 is 1.83 bits per heavy atom. The first-order valence-corrected chi connectivity index (χ1v) is 8.13. The summed E-state index contributed by atoms with van der Waals surface area (Å²) >= 11 is 0. The van der Waals surface area contributed by atoms with Crippen LogP contribution in [0.1, 0.15) is 39.5 Å². The predicted octanol–water partition coefficient (Wildman–Crippen LogP) is 3.18. The van der Waals surface area contributed by atoms with Gasteiger partial charge in [0.2, 0.25) is 10.0 Å². The van der Waals surface area contributed by atoms with Gasteiger partial charge in [0.1, 0.15) is 0 Å². The molecule has 0 radical (unpaired) electrons. The van der Waals surface area contributed by atoms with Crippen LogP contribution in [0.15, 0.2) is 35.2 Å². The average Bonchev–Trinajstić information content (AvgIpc) is 2.40. The highest BCUT2D eigenvalue weighted by Crippen LogP contribution is 2.13. The Labute approximate surface area is 111 Å². The largest absolute Gasteiger partial charge is 0.240 e. The molecule has 0 amide bonds. The molecule has 1 N–H and O–H groups in total. The van der Waals surface area contributed by atoms with Crippen LogP contribution >= 0.6 is 0 Å². The molecule has 4 heteroatoms. The summed E-state index contributed by atoms with van der Waals surface area (Å²) in [7, 11) is -3.34. The zero-order valence-corrected chi connectivity index (χ0v) is 12.0. The zero-order chi connectivity index (χ0) is 13.4. The Kier molecular flexibility index (Phi) is 6.36. The molecule has 1 aromatic rings. The first kappa shape index (κ1) is 15.2. The third kappa shape index (κ3) is 4.78. The summed E-state index contributed by atoms with van der Waals surface area (Å²) in [4.78, 5) is 0.343. The van der Waals surface area contributed by atoms with Gasteiger partial charge in [-0.1, -0.05) is 51.3 Å². The SMILES string of the molecule is CCCCC(CC)CNS(=O)(=O)c1ccccc1. The van der Waals surface area contributed by atoms with Crippen LogP contribution in [0.4, 0.5) is 0 Å². The second kappa shape index (κ2) is 7.54. The molecular weight excluding hydrogens is 246 g/mol. The van der Waals surface area contributed by atoms with E-state index in [9.17, 15) is 8.42 Å². The van der Waals surface area contributed by atoms with E-state index in [0.717, 1.165) is 25.7 Å². The van der Waals surface area contributed by atoms with Gasteiger partial charge in [-0.25, -0.2) is 13.1 Å². The van der Waals surface area contributed by atoms with Crippen LogP contribution in [0, 0.1) is 5.92 Å². The van der Waals surface area contributed by atoms with E-state index >= 15 is 0 Å². The van der Waals surface area contributed by atoms with Gasteiger partial charge in [-0.3, -0.25) is 0 Å². The van der Waals surface area contributed by atoms with Crippen molar-refractivity contribution in [1.82, 2.24) is 4.72 Å². The third-order valence-electron chi connectivity index (χ3n) is 3.16. The van der Waals surface area contributed by atoms with Gasteiger partial charge in [-0.15, -0.1) is 0 Å². The Hall–Kier alpha value is -0.870. The number of sulfonamides is 1. The van der Waals surface area contributed by atoms with E-state index in [-0.39, 0.29) is 0 Å². The summed E-state index contributed by atoms with van der Waals surface area (Å²) in [6.07, 6.45) is 4.41. The quantitative estimate of drug-likeness (QED) is 0.788. The fraction of sp³-hybridized carbons (Fsp3) is 0.571. The molecule has 0 aliphatic carbocycles. The number of nitrogens with one attached hydrogen (secondary N) is 1. The van der Waals surface area contributed by atoms with Crippen LogP contribution in [0.3, 0.4) is 0 Å². The highest BCUT2D eigenvalue weighted by molar-refractivity contribution is 7.89. The van der Waals surface area contributed by atoms with Crippen molar-refractivity contribution in [3.05, 3.63) is 30.3 Å². The van der Waals surface area contributed by atoms with Crippen molar-refractivity contribution in [1.29, 1.82) is 0 Å². The first-order valence-electron chi connectivity index (χ1n) is 6.64. The lowest BCUT2D eigenvalue weighted by Crippen LogP contribution is -2.29. The van der Waals surface area contributed by atoms with Gasteiger partial charge in [0.15, 0.2) is 0 Å². The predicted molar refractivity (Wildman–Crippen MR) is 74.9 cm³/mol. The summed E-state index contributed by atoms with van der Waals surface area (Å²) < 4.78 is 26.7. The Morgan fingerprint density at radius 1 is 1.17 bits per heavy atom. The van der Waals surface area contributed by atoms with Crippen molar-refractivity contribution in [2.75, 3.05) is 6.54 Å². The van der Waals surface area contributed by atoms with Crippen molar-refractivity contribution in [2.45, 2.75) is 44.4 Å². The van der Waals surface area contributed by atoms with Gasteiger partial charge in [0.05, 0.1) is 4.90 Å². The highest BCUT2D eigenvalue weighted by Gasteiger charge is 2.15. The van der Waals surface area contributed by atoms with Gasteiger partial charge >= 0.3 is 0 Å². The minimum absolute atomic E-state index is 0.343. The molecule has 102 valence electrons. The second-order valence-electron chi connectivity index (χ2n) is 4.58. The van der Waals surface area contributed by atoms with E-state index in [4.69, 9.17) is 0 Å². The van der Waals surface area contributed by atoms with Crippen molar-refractivity contribution in [3.63, 3.8) is 0 Å². The number of benzene rings is 1. The van der Waals surface area contributed by atoms with E-state index in [1.165, 1.54) is 0 Å². The van der Waals surface area contributed by atoms with E-state index in [2.05, 4.69) is 18.6 Å². The molecule has 0 saturated heterocycles. The number of hydrogen-bond donors (Lipinski definition) is 1. The molecule has 1 atom stereocenters. The Morgan fingerprint density at radius 3 is 2.39 bits per heavy atom. The molecule has 0 spiro atoms. The monoisotopic (exact) mass is 269 g/mol. The molecule has 1 unspecified atom stereocenters. The lowest BCUT2D eigenvalue weighted by molar-refractivity contribution is 0.444. The Balaban J connectivity index is 2.56.